The van der Waals surface area contributed by atoms with Crippen LogP contribution in [0.3, 0.4) is 0 Å². The number of piperidine rings is 1. The lowest BCUT2D eigenvalue weighted by molar-refractivity contribution is 0.240. The Labute approximate surface area is 145 Å². The van der Waals surface area contributed by atoms with Gasteiger partial charge in [-0.1, -0.05) is 12.1 Å². The predicted octanol–water partition coefficient (Wildman–Crippen LogP) is 2.73. The fraction of sp³-hybridized carbons (Fsp3) is 0.353. The first-order valence-corrected chi connectivity index (χ1v) is 8.41. The molecule has 2 N–H and O–H groups in total. The standard InChI is InChI=1S/C17H20N4O2S/c1-12-6-5-7-13(10-12)21-16(23)14(15(22)19-17(21)24)11-18-20-8-3-2-4-9-20/h5-7,10-11,23H,2-4,8-9H2,1H3,(H,19,22,24)/b18-11+. The molecule has 0 saturated carbocycles. The minimum Gasteiger partial charge on any atom is -0.494 e. The second-order valence-electron chi connectivity index (χ2n) is 5.93. The van der Waals surface area contributed by atoms with Crippen molar-refractivity contribution in [2.75, 3.05) is 13.1 Å². The number of aromatic hydroxyl groups is 1. The predicted molar refractivity (Wildman–Crippen MR) is 96.6 cm³/mol. The van der Waals surface area contributed by atoms with E-state index in [1.165, 1.54) is 17.2 Å². The molecule has 1 aromatic heterocycles. The van der Waals surface area contributed by atoms with Gasteiger partial charge in [-0.15, -0.1) is 0 Å². The first-order valence-electron chi connectivity index (χ1n) is 8.00. The van der Waals surface area contributed by atoms with Gasteiger partial charge < -0.3 is 5.11 Å². The summed E-state index contributed by atoms with van der Waals surface area (Å²) in [6, 6.07) is 7.54. The smallest absolute Gasteiger partial charge is 0.264 e. The Kier molecular flexibility index (Phi) is 4.80. The van der Waals surface area contributed by atoms with Gasteiger partial charge in [0.05, 0.1) is 11.9 Å². The number of benzene rings is 1. The van der Waals surface area contributed by atoms with Gasteiger partial charge in [0.2, 0.25) is 5.88 Å². The largest absolute Gasteiger partial charge is 0.494 e. The summed E-state index contributed by atoms with van der Waals surface area (Å²) >= 11 is 5.21. The highest BCUT2D eigenvalue weighted by molar-refractivity contribution is 7.71. The Hall–Kier alpha value is -2.41. The summed E-state index contributed by atoms with van der Waals surface area (Å²) in [6.45, 7) is 3.69. The maximum atomic E-state index is 12.2. The fourth-order valence-electron chi connectivity index (χ4n) is 2.79. The quantitative estimate of drug-likeness (QED) is 0.663. The second kappa shape index (κ2) is 7.00. The van der Waals surface area contributed by atoms with Crippen LogP contribution in [-0.2, 0) is 0 Å². The fourth-order valence-corrected chi connectivity index (χ4v) is 3.08. The van der Waals surface area contributed by atoms with Crippen molar-refractivity contribution >= 4 is 18.4 Å². The molecule has 6 nitrogen and oxygen atoms in total. The van der Waals surface area contributed by atoms with Crippen LogP contribution < -0.4 is 5.56 Å². The summed E-state index contributed by atoms with van der Waals surface area (Å²) in [5.74, 6) is -0.199. The topological polar surface area (TPSA) is 73.6 Å². The zero-order chi connectivity index (χ0) is 17.1. The van der Waals surface area contributed by atoms with Crippen molar-refractivity contribution in [2.45, 2.75) is 26.2 Å². The van der Waals surface area contributed by atoms with Crippen LogP contribution in [0.15, 0.2) is 34.2 Å². The van der Waals surface area contributed by atoms with E-state index in [0.717, 1.165) is 31.5 Å². The van der Waals surface area contributed by atoms with Gasteiger partial charge in [-0.25, -0.2) is 0 Å². The normalized spacial score (nSPS) is 15.1. The first kappa shape index (κ1) is 16.4. The van der Waals surface area contributed by atoms with Crippen LogP contribution in [0.25, 0.3) is 5.69 Å². The number of hydrogen-bond donors (Lipinski definition) is 2. The Balaban J connectivity index is 2.04. The third-order valence-corrected chi connectivity index (χ3v) is 4.35. The molecule has 2 heterocycles. The molecule has 1 aromatic carbocycles. The molecule has 3 rings (SSSR count). The zero-order valence-corrected chi connectivity index (χ0v) is 14.3. The van der Waals surface area contributed by atoms with E-state index >= 15 is 0 Å². The van der Waals surface area contributed by atoms with E-state index in [9.17, 15) is 9.90 Å². The molecule has 0 atom stereocenters. The average molecular weight is 344 g/mol. The molecule has 7 heteroatoms. The van der Waals surface area contributed by atoms with Gasteiger partial charge in [-0.05, 0) is 56.1 Å². The molecule has 2 aromatic rings. The molecule has 1 fully saturated rings. The molecule has 0 spiro atoms. The lowest BCUT2D eigenvalue weighted by Crippen LogP contribution is -2.25. The minimum atomic E-state index is -0.442. The van der Waals surface area contributed by atoms with Gasteiger partial charge in [-0.2, -0.15) is 5.10 Å². The third kappa shape index (κ3) is 3.41. The summed E-state index contributed by atoms with van der Waals surface area (Å²) in [4.78, 5) is 14.8. The summed E-state index contributed by atoms with van der Waals surface area (Å²) in [6.07, 6.45) is 4.80. The van der Waals surface area contributed by atoms with Gasteiger partial charge in [0, 0.05) is 13.1 Å². The number of hydrazone groups is 1. The third-order valence-electron chi connectivity index (χ3n) is 4.06. The van der Waals surface area contributed by atoms with E-state index in [1.807, 2.05) is 36.2 Å². The van der Waals surface area contributed by atoms with E-state index in [-0.39, 0.29) is 16.2 Å². The number of nitrogens with one attached hydrogen (secondary N) is 1. The number of aromatic amines is 1. The highest BCUT2D eigenvalue weighted by atomic mass is 32.1. The maximum absolute atomic E-state index is 12.2. The lowest BCUT2D eigenvalue weighted by atomic mass is 10.2. The van der Waals surface area contributed by atoms with Crippen molar-refractivity contribution in [2.24, 2.45) is 5.10 Å². The number of H-pyrrole nitrogens is 1. The van der Waals surface area contributed by atoms with Crippen molar-refractivity contribution in [3.63, 3.8) is 0 Å². The Morgan fingerprint density at radius 1 is 1.29 bits per heavy atom. The number of hydrogen-bond acceptors (Lipinski definition) is 5. The van der Waals surface area contributed by atoms with E-state index in [1.54, 1.807) is 0 Å². The maximum Gasteiger partial charge on any atom is 0.264 e. The van der Waals surface area contributed by atoms with Gasteiger partial charge in [0.1, 0.15) is 5.56 Å². The minimum absolute atomic E-state index is 0.107. The Morgan fingerprint density at radius 2 is 2.04 bits per heavy atom. The van der Waals surface area contributed by atoms with Gasteiger partial charge in [0.15, 0.2) is 4.77 Å². The molecule has 24 heavy (non-hydrogen) atoms. The van der Waals surface area contributed by atoms with E-state index in [4.69, 9.17) is 12.2 Å². The van der Waals surface area contributed by atoms with Crippen LogP contribution in [0.2, 0.25) is 0 Å². The second-order valence-corrected chi connectivity index (χ2v) is 6.32. The van der Waals surface area contributed by atoms with E-state index < -0.39 is 5.56 Å². The van der Waals surface area contributed by atoms with Crippen LogP contribution in [-0.4, -0.2) is 39.0 Å². The van der Waals surface area contributed by atoms with Crippen LogP contribution in [0.5, 0.6) is 5.88 Å². The Bertz CT molecular complexity index is 879. The van der Waals surface area contributed by atoms with Gasteiger partial charge in [-0.3, -0.25) is 19.4 Å². The molecular formula is C17H20N4O2S. The lowest BCUT2D eigenvalue weighted by Gasteiger charge is -2.23. The molecule has 126 valence electrons. The monoisotopic (exact) mass is 344 g/mol. The van der Waals surface area contributed by atoms with E-state index in [2.05, 4.69) is 10.1 Å². The number of aromatic nitrogens is 2. The first-order chi connectivity index (χ1) is 11.6. The SMILES string of the molecule is Cc1cccc(-n2c(O)c(/C=N/N3CCCCC3)c(=O)[nH]c2=S)c1. The molecule has 0 bridgehead atoms. The van der Waals surface area contributed by atoms with Crippen molar-refractivity contribution in [3.05, 3.63) is 50.5 Å². The number of nitrogens with zero attached hydrogens (tertiary/aromatic N) is 3. The van der Waals surface area contributed by atoms with Crippen LogP contribution in [0.1, 0.15) is 30.4 Å². The molecule has 0 amide bonds. The van der Waals surface area contributed by atoms with Gasteiger partial charge >= 0.3 is 0 Å². The summed E-state index contributed by atoms with van der Waals surface area (Å²) in [7, 11) is 0. The molecule has 1 saturated heterocycles. The highest BCUT2D eigenvalue weighted by Gasteiger charge is 2.14. The molecular weight excluding hydrogens is 324 g/mol. The molecule has 0 radical (unpaired) electrons. The van der Waals surface area contributed by atoms with Crippen molar-refractivity contribution in [1.29, 1.82) is 0 Å². The number of aryl methyl sites for hydroxylation is 1. The Morgan fingerprint density at radius 3 is 2.75 bits per heavy atom. The van der Waals surface area contributed by atoms with E-state index in [0.29, 0.717) is 5.69 Å². The summed E-state index contributed by atoms with van der Waals surface area (Å²) < 4.78 is 1.60. The molecule has 0 unspecified atom stereocenters. The zero-order valence-electron chi connectivity index (χ0n) is 13.5. The van der Waals surface area contributed by atoms with Crippen molar-refractivity contribution < 1.29 is 5.11 Å². The van der Waals surface area contributed by atoms with Gasteiger partial charge in [0.25, 0.3) is 5.56 Å². The molecule has 0 aliphatic carbocycles. The van der Waals surface area contributed by atoms with Crippen molar-refractivity contribution in [3.8, 4) is 11.6 Å². The number of rotatable bonds is 3. The highest BCUT2D eigenvalue weighted by Crippen LogP contribution is 2.19. The summed E-state index contributed by atoms with van der Waals surface area (Å²) in [5.41, 5.74) is 1.39. The average Bonchev–Trinajstić information content (AvgIpc) is 2.55. The van der Waals surface area contributed by atoms with Crippen LogP contribution >= 0.6 is 12.2 Å². The van der Waals surface area contributed by atoms with Crippen LogP contribution in [0, 0.1) is 11.7 Å². The molecule has 1 aliphatic rings. The van der Waals surface area contributed by atoms with Crippen molar-refractivity contribution in [1.82, 2.24) is 14.6 Å². The summed E-state index contributed by atoms with van der Waals surface area (Å²) in [5, 5.41) is 16.8. The van der Waals surface area contributed by atoms with Crippen LogP contribution in [0.4, 0.5) is 0 Å². The molecule has 1 aliphatic heterocycles.